The maximum atomic E-state index is 12.8. The molecule has 1 aliphatic heterocycles. The van der Waals surface area contributed by atoms with Crippen LogP contribution >= 0.6 is 22.7 Å². The number of hydrogen-bond acceptors (Lipinski definition) is 6. The number of nitrogens with one attached hydrogen (secondary N) is 1. The number of nitrogens with zero attached hydrogens (tertiary/aromatic N) is 2. The van der Waals surface area contributed by atoms with Crippen LogP contribution in [0.25, 0.3) is 9.88 Å². The predicted molar refractivity (Wildman–Crippen MR) is 111 cm³/mol. The maximum absolute atomic E-state index is 12.8. The van der Waals surface area contributed by atoms with E-state index in [1.54, 1.807) is 40.4 Å². The first-order valence-corrected chi connectivity index (χ1v) is 11.0. The molecule has 3 aromatic rings. The fraction of sp³-hybridized carbons (Fsp3) is 0.350. The van der Waals surface area contributed by atoms with Crippen LogP contribution in [-0.2, 0) is 17.8 Å². The summed E-state index contributed by atoms with van der Waals surface area (Å²) >= 11 is 3.18. The van der Waals surface area contributed by atoms with Crippen LogP contribution in [0, 0.1) is 6.92 Å². The number of aryl methyl sites for hydroxylation is 1. The molecule has 1 atom stereocenters. The molecule has 4 rings (SSSR count). The van der Waals surface area contributed by atoms with Crippen molar-refractivity contribution in [3.05, 3.63) is 62.3 Å². The van der Waals surface area contributed by atoms with Crippen LogP contribution in [0.4, 0.5) is 0 Å². The normalized spacial score (nSPS) is 16.4. The highest BCUT2D eigenvalue weighted by Gasteiger charge is 2.20. The standard InChI is InChI=1S/C20H21N3O3S2/c1-13-6-7-23(11-15-4-2-8-26-15)20(25)17(13)18(24)21-10-14-12-28-19(22-14)16-5-3-9-27-16/h3,5-7,9,12,15H,2,4,8,10-11H2,1H3,(H,21,24). The number of amides is 1. The summed E-state index contributed by atoms with van der Waals surface area (Å²) in [5.41, 5.74) is 1.37. The lowest BCUT2D eigenvalue weighted by molar-refractivity contribution is 0.0928. The molecule has 1 unspecified atom stereocenters. The van der Waals surface area contributed by atoms with Crippen LogP contribution in [0.3, 0.4) is 0 Å². The predicted octanol–water partition coefficient (Wildman–Crippen LogP) is 3.45. The molecule has 0 spiro atoms. The molecule has 0 saturated carbocycles. The van der Waals surface area contributed by atoms with Gasteiger partial charge in [-0.1, -0.05) is 6.07 Å². The van der Waals surface area contributed by atoms with E-state index in [4.69, 9.17) is 4.74 Å². The first-order valence-electron chi connectivity index (χ1n) is 9.20. The second-order valence-electron chi connectivity index (χ2n) is 6.77. The van der Waals surface area contributed by atoms with Crippen molar-refractivity contribution in [1.82, 2.24) is 14.9 Å². The summed E-state index contributed by atoms with van der Waals surface area (Å²) in [4.78, 5) is 31.2. The lowest BCUT2D eigenvalue weighted by Crippen LogP contribution is -2.35. The second-order valence-corrected chi connectivity index (χ2v) is 8.58. The van der Waals surface area contributed by atoms with Gasteiger partial charge in [0.2, 0.25) is 0 Å². The zero-order valence-corrected chi connectivity index (χ0v) is 17.1. The monoisotopic (exact) mass is 415 g/mol. The van der Waals surface area contributed by atoms with Crippen molar-refractivity contribution in [2.45, 2.75) is 39.0 Å². The first kappa shape index (κ1) is 19.0. The Hall–Kier alpha value is -2.29. The molecule has 1 aliphatic rings. The number of carbonyl (C=O) groups excluding carboxylic acids is 1. The van der Waals surface area contributed by atoms with Gasteiger partial charge in [0.25, 0.3) is 11.5 Å². The molecule has 1 amide bonds. The number of thiophene rings is 1. The van der Waals surface area contributed by atoms with E-state index >= 15 is 0 Å². The molecule has 28 heavy (non-hydrogen) atoms. The molecule has 146 valence electrons. The van der Waals surface area contributed by atoms with Crippen LogP contribution in [0.1, 0.15) is 34.5 Å². The summed E-state index contributed by atoms with van der Waals surface area (Å²) in [5.74, 6) is -0.366. The van der Waals surface area contributed by atoms with E-state index in [0.717, 1.165) is 35.0 Å². The van der Waals surface area contributed by atoms with Crippen molar-refractivity contribution in [3.8, 4) is 9.88 Å². The molecule has 0 aliphatic carbocycles. The Morgan fingerprint density at radius 2 is 2.29 bits per heavy atom. The maximum Gasteiger partial charge on any atom is 0.263 e. The van der Waals surface area contributed by atoms with Gasteiger partial charge in [0, 0.05) is 18.2 Å². The van der Waals surface area contributed by atoms with Crippen molar-refractivity contribution >= 4 is 28.6 Å². The van der Waals surface area contributed by atoms with Gasteiger partial charge in [-0.3, -0.25) is 9.59 Å². The Morgan fingerprint density at radius 3 is 3.04 bits per heavy atom. The number of thiazole rings is 1. The molecular weight excluding hydrogens is 394 g/mol. The Morgan fingerprint density at radius 1 is 1.39 bits per heavy atom. The lowest BCUT2D eigenvalue weighted by Gasteiger charge is -2.14. The number of aromatic nitrogens is 2. The van der Waals surface area contributed by atoms with Gasteiger partial charge in [0.15, 0.2) is 0 Å². The van der Waals surface area contributed by atoms with Crippen LogP contribution in [0.15, 0.2) is 40.0 Å². The summed E-state index contributed by atoms with van der Waals surface area (Å²) < 4.78 is 7.19. The van der Waals surface area contributed by atoms with E-state index < -0.39 is 0 Å². The van der Waals surface area contributed by atoms with Gasteiger partial charge in [0.05, 0.1) is 29.8 Å². The minimum Gasteiger partial charge on any atom is -0.376 e. The average molecular weight is 416 g/mol. The highest BCUT2D eigenvalue weighted by Crippen LogP contribution is 2.27. The molecule has 6 nitrogen and oxygen atoms in total. The molecular formula is C20H21N3O3S2. The summed E-state index contributed by atoms with van der Waals surface area (Å²) in [6.07, 6.45) is 3.74. The second kappa shape index (κ2) is 8.38. The quantitative estimate of drug-likeness (QED) is 0.669. The number of rotatable bonds is 6. The van der Waals surface area contributed by atoms with E-state index in [1.807, 2.05) is 29.0 Å². The molecule has 0 radical (unpaired) electrons. The summed E-state index contributed by atoms with van der Waals surface area (Å²) in [5, 5.41) is 7.72. The van der Waals surface area contributed by atoms with Crippen molar-refractivity contribution in [1.29, 1.82) is 0 Å². The van der Waals surface area contributed by atoms with Crippen LogP contribution in [0.5, 0.6) is 0 Å². The minimum atomic E-state index is -0.366. The largest absolute Gasteiger partial charge is 0.376 e. The highest BCUT2D eigenvalue weighted by molar-refractivity contribution is 7.20. The summed E-state index contributed by atoms with van der Waals surface area (Å²) in [6, 6.07) is 5.82. The molecule has 0 aromatic carbocycles. The summed E-state index contributed by atoms with van der Waals surface area (Å²) in [7, 11) is 0. The zero-order chi connectivity index (χ0) is 19.5. The fourth-order valence-corrected chi connectivity index (χ4v) is 4.89. The number of ether oxygens (including phenoxy) is 1. The van der Waals surface area contributed by atoms with Crippen molar-refractivity contribution < 1.29 is 9.53 Å². The molecule has 4 heterocycles. The van der Waals surface area contributed by atoms with Crippen molar-refractivity contribution in [3.63, 3.8) is 0 Å². The Kier molecular flexibility index (Phi) is 5.70. The van der Waals surface area contributed by atoms with Crippen LogP contribution in [0.2, 0.25) is 0 Å². The summed E-state index contributed by atoms with van der Waals surface area (Å²) in [6.45, 7) is 3.29. The van der Waals surface area contributed by atoms with Crippen LogP contribution < -0.4 is 10.9 Å². The third-order valence-electron chi connectivity index (χ3n) is 4.74. The molecule has 1 saturated heterocycles. The highest BCUT2D eigenvalue weighted by atomic mass is 32.1. The van der Waals surface area contributed by atoms with Crippen LogP contribution in [-0.4, -0.2) is 28.2 Å². The third kappa shape index (κ3) is 4.09. The Balaban J connectivity index is 1.46. The molecule has 1 fully saturated rings. The SMILES string of the molecule is Cc1ccn(CC2CCCO2)c(=O)c1C(=O)NCc1csc(-c2cccs2)n1. The topological polar surface area (TPSA) is 73.2 Å². The number of carbonyl (C=O) groups is 1. The van der Waals surface area contributed by atoms with Crippen molar-refractivity contribution in [2.24, 2.45) is 0 Å². The van der Waals surface area contributed by atoms with E-state index in [-0.39, 0.29) is 23.1 Å². The van der Waals surface area contributed by atoms with E-state index in [2.05, 4.69) is 10.3 Å². The number of hydrogen-bond donors (Lipinski definition) is 1. The lowest BCUT2D eigenvalue weighted by atomic mass is 10.1. The van der Waals surface area contributed by atoms with Gasteiger partial charge in [-0.25, -0.2) is 4.98 Å². The molecule has 1 N–H and O–H groups in total. The van der Waals surface area contributed by atoms with Gasteiger partial charge in [-0.2, -0.15) is 0 Å². The Labute approximate surface area is 170 Å². The fourth-order valence-electron chi connectivity index (χ4n) is 3.25. The van der Waals surface area contributed by atoms with Gasteiger partial charge in [0.1, 0.15) is 10.6 Å². The van der Waals surface area contributed by atoms with E-state index in [0.29, 0.717) is 18.7 Å². The van der Waals surface area contributed by atoms with Gasteiger partial charge in [-0.15, -0.1) is 22.7 Å². The first-order chi connectivity index (χ1) is 13.6. The molecule has 0 bridgehead atoms. The van der Waals surface area contributed by atoms with E-state index in [1.165, 1.54) is 0 Å². The molecule has 8 heteroatoms. The average Bonchev–Trinajstić information content (AvgIpc) is 3.45. The van der Waals surface area contributed by atoms with E-state index in [9.17, 15) is 9.59 Å². The van der Waals surface area contributed by atoms with Gasteiger partial charge >= 0.3 is 0 Å². The Bertz CT molecular complexity index is 1020. The van der Waals surface area contributed by atoms with Gasteiger partial charge < -0.3 is 14.6 Å². The third-order valence-corrected chi connectivity index (χ3v) is 6.67. The van der Waals surface area contributed by atoms with Gasteiger partial charge in [-0.05, 0) is 42.8 Å². The minimum absolute atomic E-state index is 0.0435. The van der Waals surface area contributed by atoms with Crippen molar-refractivity contribution in [2.75, 3.05) is 6.61 Å². The molecule has 3 aromatic heterocycles. The number of pyridine rings is 1. The smallest absolute Gasteiger partial charge is 0.263 e. The zero-order valence-electron chi connectivity index (χ0n) is 15.5.